The predicted octanol–water partition coefficient (Wildman–Crippen LogP) is 4.57. The van der Waals surface area contributed by atoms with Crippen LogP contribution in [0.5, 0.6) is 0 Å². The Hall–Kier alpha value is -0.380. The summed E-state index contributed by atoms with van der Waals surface area (Å²) in [4.78, 5) is 2.55. The zero-order valence-corrected chi connectivity index (χ0v) is 15.2. The van der Waals surface area contributed by atoms with Crippen LogP contribution in [0.15, 0.2) is 22.7 Å². The van der Waals surface area contributed by atoms with Gasteiger partial charge in [-0.05, 0) is 49.5 Å². The third-order valence-corrected chi connectivity index (χ3v) is 5.49. The van der Waals surface area contributed by atoms with E-state index in [0.29, 0.717) is 0 Å². The number of nitrogens with zero attached hydrogens (tertiary/aromatic N) is 1. The zero-order chi connectivity index (χ0) is 15.2. The molecule has 3 heteroatoms. The lowest BCUT2D eigenvalue weighted by Crippen LogP contribution is -2.38. The van der Waals surface area contributed by atoms with E-state index in [-0.39, 0.29) is 0 Å². The minimum absolute atomic E-state index is 0.743. The van der Waals surface area contributed by atoms with Crippen molar-refractivity contribution in [3.05, 3.63) is 33.8 Å². The topological polar surface area (TPSA) is 15.3 Å². The van der Waals surface area contributed by atoms with Crippen LogP contribution in [-0.4, -0.2) is 24.5 Å². The number of rotatable bonds is 6. The molecule has 1 saturated carbocycles. The van der Waals surface area contributed by atoms with E-state index in [1.807, 2.05) is 0 Å². The fourth-order valence-corrected chi connectivity index (χ4v) is 3.99. The van der Waals surface area contributed by atoms with Crippen molar-refractivity contribution in [1.29, 1.82) is 0 Å². The molecule has 1 aliphatic rings. The lowest BCUT2D eigenvalue weighted by atomic mass is 9.85. The molecule has 0 aliphatic heterocycles. The Labute approximate surface area is 138 Å². The van der Waals surface area contributed by atoms with Crippen LogP contribution in [0.3, 0.4) is 0 Å². The summed E-state index contributed by atoms with van der Waals surface area (Å²) in [6, 6.07) is 7.53. The second-order valence-corrected chi connectivity index (χ2v) is 7.30. The molecule has 0 radical (unpaired) electrons. The van der Waals surface area contributed by atoms with Crippen molar-refractivity contribution in [2.75, 3.05) is 13.6 Å². The molecule has 1 fully saturated rings. The van der Waals surface area contributed by atoms with Gasteiger partial charge in [0.1, 0.15) is 0 Å². The van der Waals surface area contributed by atoms with Crippen LogP contribution in [0.1, 0.15) is 50.7 Å². The molecule has 1 aromatic rings. The second kappa shape index (κ2) is 8.30. The first-order valence-corrected chi connectivity index (χ1v) is 9.09. The van der Waals surface area contributed by atoms with Crippen LogP contribution in [0.2, 0.25) is 0 Å². The number of hydrogen-bond acceptors (Lipinski definition) is 2. The first-order chi connectivity index (χ1) is 10.1. The van der Waals surface area contributed by atoms with Crippen molar-refractivity contribution in [3.63, 3.8) is 0 Å². The molecule has 1 aromatic carbocycles. The van der Waals surface area contributed by atoms with Gasteiger partial charge in [0.05, 0.1) is 0 Å². The largest absolute Gasteiger partial charge is 0.313 e. The molecule has 0 heterocycles. The van der Waals surface area contributed by atoms with E-state index in [4.69, 9.17) is 0 Å². The highest BCUT2D eigenvalue weighted by molar-refractivity contribution is 9.10. The lowest BCUT2D eigenvalue weighted by molar-refractivity contribution is 0.133. The van der Waals surface area contributed by atoms with E-state index < -0.39 is 0 Å². The molecule has 1 aliphatic carbocycles. The molecular formula is C18H29BrN2. The molecule has 1 N–H and O–H groups in total. The fraction of sp³-hybridized carbons (Fsp3) is 0.667. The molecule has 2 atom stereocenters. The van der Waals surface area contributed by atoms with Gasteiger partial charge >= 0.3 is 0 Å². The zero-order valence-electron chi connectivity index (χ0n) is 13.7. The van der Waals surface area contributed by atoms with Gasteiger partial charge in [0.2, 0.25) is 0 Å². The summed E-state index contributed by atoms with van der Waals surface area (Å²) in [5.74, 6) is 0.829. The van der Waals surface area contributed by atoms with Gasteiger partial charge < -0.3 is 5.32 Å². The minimum Gasteiger partial charge on any atom is -0.313 e. The van der Waals surface area contributed by atoms with E-state index in [0.717, 1.165) is 31.6 Å². The highest BCUT2D eigenvalue weighted by Gasteiger charge is 2.25. The Morgan fingerprint density at radius 1 is 1.29 bits per heavy atom. The van der Waals surface area contributed by atoms with Crippen molar-refractivity contribution >= 4 is 15.9 Å². The summed E-state index contributed by atoms with van der Waals surface area (Å²) in [5.41, 5.74) is 2.75. The molecular weight excluding hydrogens is 324 g/mol. The third-order valence-electron chi connectivity index (χ3n) is 4.75. The summed E-state index contributed by atoms with van der Waals surface area (Å²) in [5, 5.41) is 3.38. The first-order valence-electron chi connectivity index (χ1n) is 8.30. The smallest absolute Gasteiger partial charge is 0.0244 e. The van der Waals surface area contributed by atoms with Gasteiger partial charge in [0.15, 0.2) is 0 Å². The normalized spacial score (nSPS) is 22.7. The van der Waals surface area contributed by atoms with Gasteiger partial charge in [-0.15, -0.1) is 0 Å². The highest BCUT2D eigenvalue weighted by atomic mass is 79.9. The Bertz CT molecular complexity index is 447. The van der Waals surface area contributed by atoms with Crippen LogP contribution in [0.4, 0.5) is 0 Å². The van der Waals surface area contributed by atoms with Crippen LogP contribution in [0.25, 0.3) is 0 Å². The molecule has 2 nitrogen and oxygen atoms in total. The molecule has 21 heavy (non-hydrogen) atoms. The van der Waals surface area contributed by atoms with E-state index in [2.05, 4.69) is 65.2 Å². The lowest BCUT2D eigenvalue weighted by Gasteiger charge is -2.36. The SMILES string of the molecule is CCNCc1ccc(CN(C)C2CCCCC2C)c(Br)c1. The van der Waals surface area contributed by atoms with E-state index in [9.17, 15) is 0 Å². The van der Waals surface area contributed by atoms with Gasteiger partial charge in [-0.3, -0.25) is 4.90 Å². The van der Waals surface area contributed by atoms with Gasteiger partial charge in [-0.25, -0.2) is 0 Å². The van der Waals surface area contributed by atoms with Crippen molar-refractivity contribution in [2.45, 2.75) is 58.7 Å². The summed E-state index contributed by atoms with van der Waals surface area (Å²) in [6.45, 7) is 7.56. The molecule has 0 amide bonds. The molecule has 0 saturated heterocycles. The maximum absolute atomic E-state index is 3.75. The Morgan fingerprint density at radius 3 is 2.71 bits per heavy atom. The third kappa shape index (κ3) is 4.80. The van der Waals surface area contributed by atoms with Crippen LogP contribution >= 0.6 is 15.9 Å². The average molecular weight is 353 g/mol. The maximum atomic E-state index is 3.75. The fourth-order valence-electron chi connectivity index (χ4n) is 3.44. The van der Waals surface area contributed by atoms with Crippen molar-refractivity contribution in [3.8, 4) is 0 Å². The first kappa shape index (κ1) is 17.0. The van der Waals surface area contributed by atoms with Crippen molar-refractivity contribution in [2.24, 2.45) is 5.92 Å². The van der Waals surface area contributed by atoms with Crippen LogP contribution in [0, 0.1) is 5.92 Å². The number of hydrogen-bond donors (Lipinski definition) is 1. The maximum Gasteiger partial charge on any atom is 0.0244 e. The van der Waals surface area contributed by atoms with E-state index in [1.165, 1.54) is 41.3 Å². The minimum atomic E-state index is 0.743. The number of nitrogens with one attached hydrogen (secondary N) is 1. The van der Waals surface area contributed by atoms with Gasteiger partial charge in [-0.2, -0.15) is 0 Å². The Balaban J connectivity index is 1.98. The summed E-state index contributed by atoms with van der Waals surface area (Å²) >= 11 is 3.75. The summed E-state index contributed by atoms with van der Waals surface area (Å²) in [7, 11) is 2.28. The average Bonchev–Trinajstić information content (AvgIpc) is 2.48. The number of benzene rings is 1. The molecule has 0 bridgehead atoms. The summed E-state index contributed by atoms with van der Waals surface area (Å²) < 4.78 is 1.24. The highest BCUT2D eigenvalue weighted by Crippen LogP contribution is 2.29. The van der Waals surface area contributed by atoms with Crippen molar-refractivity contribution < 1.29 is 0 Å². The molecule has 2 unspecified atom stereocenters. The van der Waals surface area contributed by atoms with E-state index in [1.54, 1.807) is 0 Å². The second-order valence-electron chi connectivity index (χ2n) is 6.45. The molecule has 0 spiro atoms. The van der Waals surface area contributed by atoms with Crippen LogP contribution in [-0.2, 0) is 13.1 Å². The monoisotopic (exact) mass is 352 g/mol. The standard InChI is InChI=1S/C18H29BrN2/c1-4-20-12-15-9-10-16(17(19)11-15)13-21(3)18-8-6-5-7-14(18)2/h9-11,14,18,20H,4-8,12-13H2,1-3H3. The van der Waals surface area contributed by atoms with Gasteiger partial charge in [0.25, 0.3) is 0 Å². The predicted molar refractivity (Wildman–Crippen MR) is 94.4 cm³/mol. The molecule has 0 aromatic heterocycles. The number of halogens is 1. The Morgan fingerprint density at radius 2 is 2.05 bits per heavy atom. The Kier molecular flexibility index (Phi) is 6.72. The van der Waals surface area contributed by atoms with Gasteiger partial charge in [-0.1, -0.05) is 54.8 Å². The van der Waals surface area contributed by atoms with Crippen LogP contribution < -0.4 is 5.32 Å². The summed E-state index contributed by atoms with van der Waals surface area (Å²) in [6.07, 6.45) is 5.54. The quantitative estimate of drug-likeness (QED) is 0.806. The van der Waals surface area contributed by atoms with E-state index >= 15 is 0 Å². The molecule has 2 rings (SSSR count). The molecule has 118 valence electrons. The van der Waals surface area contributed by atoms with Crippen molar-refractivity contribution in [1.82, 2.24) is 10.2 Å². The van der Waals surface area contributed by atoms with Gasteiger partial charge in [0, 0.05) is 23.6 Å².